The highest BCUT2D eigenvalue weighted by Gasteiger charge is 2.46. The van der Waals surface area contributed by atoms with Crippen molar-refractivity contribution < 1.29 is 17.9 Å². The first-order chi connectivity index (χ1) is 12.8. The van der Waals surface area contributed by atoms with E-state index in [4.69, 9.17) is 9.47 Å². The van der Waals surface area contributed by atoms with E-state index < -0.39 is 9.84 Å². The maximum absolute atomic E-state index is 13.1. The van der Waals surface area contributed by atoms with Gasteiger partial charge in [-0.05, 0) is 57.1 Å². The van der Waals surface area contributed by atoms with Gasteiger partial charge in [0.2, 0.25) is 9.84 Å². The Kier molecular flexibility index (Phi) is 4.43. The molecule has 2 aromatic carbocycles. The van der Waals surface area contributed by atoms with E-state index in [1.807, 2.05) is 19.9 Å². The van der Waals surface area contributed by atoms with Gasteiger partial charge in [0.15, 0.2) is 0 Å². The van der Waals surface area contributed by atoms with Crippen LogP contribution in [0.2, 0.25) is 0 Å². The van der Waals surface area contributed by atoms with Crippen molar-refractivity contribution in [2.45, 2.75) is 54.6 Å². The molecule has 6 heteroatoms. The molecule has 4 rings (SSSR count). The van der Waals surface area contributed by atoms with Crippen LogP contribution >= 0.6 is 0 Å². The third-order valence-electron chi connectivity index (χ3n) is 5.50. The summed E-state index contributed by atoms with van der Waals surface area (Å²) in [4.78, 5) is 0.474. The van der Waals surface area contributed by atoms with Gasteiger partial charge < -0.3 is 14.8 Å². The summed E-state index contributed by atoms with van der Waals surface area (Å²) in [5.41, 5.74) is 1.04. The number of fused-ring (bicyclic) bond motifs is 3. The first-order valence-corrected chi connectivity index (χ1v) is 10.8. The van der Waals surface area contributed by atoms with Crippen LogP contribution in [-0.4, -0.2) is 33.7 Å². The summed E-state index contributed by atoms with van der Waals surface area (Å²) in [6.45, 7) is 7.74. The third-order valence-corrected chi connectivity index (χ3v) is 7.25. The number of piperidine rings is 1. The molecule has 0 saturated carbocycles. The molecule has 2 atom stereocenters. The molecule has 2 heterocycles. The summed E-state index contributed by atoms with van der Waals surface area (Å²) >= 11 is 0. The second kappa shape index (κ2) is 6.53. The zero-order chi connectivity index (χ0) is 19.2. The first-order valence-electron chi connectivity index (χ1n) is 9.34. The van der Waals surface area contributed by atoms with Crippen LogP contribution in [0.15, 0.2) is 52.3 Å². The van der Waals surface area contributed by atoms with Gasteiger partial charge in [0.1, 0.15) is 17.6 Å². The molecule has 27 heavy (non-hydrogen) atoms. The molecule has 0 aliphatic carbocycles. The Hall–Kier alpha value is -2.05. The first kappa shape index (κ1) is 18.3. The number of hydrogen-bond acceptors (Lipinski definition) is 5. The Morgan fingerprint density at radius 3 is 2.74 bits per heavy atom. The summed E-state index contributed by atoms with van der Waals surface area (Å²) in [5.74, 6) is 1.23. The molecular formula is C21H25NO4S. The Morgan fingerprint density at radius 2 is 1.96 bits per heavy atom. The number of hydrogen-bond donors (Lipinski definition) is 1. The number of rotatable bonds is 4. The lowest BCUT2D eigenvalue weighted by Crippen LogP contribution is -2.49. The summed E-state index contributed by atoms with van der Waals surface area (Å²) in [6.07, 6.45) is 1.00. The molecule has 0 bridgehead atoms. The van der Waals surface area contributed by atoms with Gasteiger partial charge in [-0.15, -0.1) is 0 Å². The number of ether oxygens (including phenoxy) is 2. The van der Waals surface area contributed by atoms with E-state index in [-0.39, 0.29) is 27.4 Å². The van der Waals surface area contributed by atoms with Crippen LogP contribution in [-0.2, 0) is 15.3 Å². The van der Waals surface area contributed by atoms with Crippen molar-refractivity contribution in [1.82, 2.24) is 5.32 Å². The molecule has 0 spiro atoms. The summed E-state index contributed by atoms with van der Waals surface area (Å²) in [6, 6.07) is 11.9. The Labute approximate surface area is 160 Å². The standard InChI is InChI=1S/C21H25NO4S/c1-14(2)25-15-5-4-6-16(11-15)27(23,24)17-7-8-18-19(12-17)26-20-13-22-10-9-21(18,20)3/h4-8,11-12,14,20,22H,9-10,13H2,1-3H3. The van der Waals surface area contributed by atoms with Gasteiger partial charge in [0.05, 0.1) is 15.9 Å². The fourth-order valence-corrected chi connectivity index (χ4v) is 5.27. The summed E-state index contributed by atoms with van der Waals surface area (Å²) in [7, 11) is -3.65. The van der Waals surface area contributed by atoms with Crippen LogP contribution in [0.1, 0.15) is 32.8 Å². The van der Waals surface area contributed by atoms with E-state index in [0.717, 1.165) is 25.1 Å². The molecular weight excluding hydrogens is 362 g/mol. The normalized spacial score (nSPS) is 24.2. The highest BCUT2D eigenvalue weighted by molar-refractivity contribution is 7.91. The molecule has 1 N–H and O–H groups in total. The minimum absolute atomic E-state index is 0.0194. The van der Waals surface area contributed by atoms with Crippen molar-refractivity contribution in [2.75, 3.05) is 13.1 Å². The lowest BCUT2D eigenvalue weighted by atomic mass is 9.74. The van der Waals surface area contributed by atoms with Crippen LogP contribution in [0.5, 0.6) is 11.5 Å². The molecule has 144 valence electrons. The van der Waals surface area contributed by atoms with Gasteiger partial charge in [-0.2, -0.15) is 0 Å². The Morgan fingerprint density at radius 1 is 1.19 bits per heavy atom. The predicted molar refractivity (Wildman–Crippen MR) is 103 cm³/mol. The second-order valence-electron chi connectivity index (χ2n) is 7.78. The molecule has 5 nitrogen and oxygen atoms in total. The average Bonchev–Trinajstić information content (AvgIpc) is 2.93. The van der Waals surface area contributed by atoms with Crippen LogP contribution in [0.3, 0.4) is 0 Å². The quantitative estimate of drug-likeness (QED) is 0.872. The van der Waals surface area contributed by atoms with Crippen molar-refractivity contribution in [3.63, 3.8) is 0 Å². The molecule has 2 aromatic rings. The predicted octanol–water partition coefficient (Wildman–Crippen LogP) is 3.32. The topological polar surface area (TPSA) is 64.6 Å². The van der Waals surface area contributed by atoms with Gasteiger partial charge in [0.25, 0.3) is 0 Å². The van der Waals surface area contributed by atoms with E-state index >= 15 is 0 Å². The highest BCUT2D eigenvalue weighted by atomic mass is 32.2. The van der Waals surface area contributed by atoms with Crippen molar-refractivity contribution in [3.05, 3.63) is 48.0 Å². The van der Waals surface area contributed by atoms with Gasteiger partial charge in [-0.25, -0.2) is 8.42 Å². The highest BCUT2D eigenvalue weighted by Crippen LogP contribution is 2.47. The maximum Gasteiger partial charge on any atom is 0.206 e. The van der Waals surface area contributed by atoms with Gasteiger partial charge in [-0.3, -0.25) is 0 Å². The molecule has 2 aliphatic heterocycles. The van der Waals surface area contributed by atoms with E-state index in [1.165, 1.54) is 0 Å². The molecule has 1 saturated heterocycles. The van der Waals surface area contributed by atoms with E-state index in [1.54, 1.807) is 36.4 Å². The van der Waals surface area contributed by atoms with Gasteiger partial charge in [0, 0.05) is 17.5 Å². The number of nitrogens with one attached hydrogen (secondary N) is 1. The second-order valence-corrected chi connectivity index (χ2v) is 9.73. The fraction of sp³-hybridized carbons (Fsp3) is 0.429. The summed E-state index contributed by atoms with van der Waals surface area (Å²) < 4.78 is 38.0. The molecule has 1 fully saturated rings. The lowest BCUT2D eigenvalue weighted by Gasteiger charge is -2.35. The van der Waals surface area contributed by atoms with Gasteiger partial charge in [-0.1, -0.05) is 19.1 Å². The summed E-state index contributed by atoms with van der Waals surface area (Å²) in [5, 5.41) is 3.35. The number of benzene rings is 2. The minimum Gasteiger partial charge on any atom is -0.491 e. The van der Waals surface area contributed by atoms with Crippen LogP contribution in [0.4, 0.5) is 0 Å². The van der Waals surface area contributed by atoms with Crippen LogP contribution in [0, 0.1) is 0 Å². The SMILES string of the molecule is CC(C)Oc1cccc(S(=O)(=O)c2ccc3c(c2)OC2CNCCC32C)c1. The lowest BCUT2D eigenvalue weighted by molar-refractivity contribution is 0.123. The van der Waals surface area contributed by atoms with Crippen LogP contribution in [0.25, 0.3) is 0 Å². The number of sulfone groups is 1. The van der Waals surface area contributed by atoms with E-state index in [0.29, 0.717) is 11.5 Å². The molecule has 0 radical (unpaired) electrons. The minimum atomic E-state index is -3.65. The average molecular weight is 388 g/mol. The zero-order valence-electron chi connectivity index (χ0n) is 15.9. The maximum atomic E-state index is 13.1. The Balaban J connectivity index is 1.70. The largest absolute Gasteiger partial charge is 0.491 e. The molecule has 0 amide bonds. The smallest absolute Gasteiger partial charge is 0.206 e. The van der Waals surface area contributed by atoms with Gasteiger partial charge >= 0.3 is 0 Å². The van der Waals surface area contributed by atoms with E-state index in [9.17, 15) is 8.42 Å². The molecule has 2 aliphatic rings. The van der Waals surface area contributed by atoms with E-state index in [2.05, 4.69) is 12.2 Å². The zero-order valence-corrected chi connectivity index (χ0v) is 16.7. The Bertz CT molecular complexity index is 970. The van der Waals surface area contributed by atoms with Crippen LogP contribution < -0.4 is 14.8 Å². The van der Waals surface area contributed by atoms with Crippen molar-refractivity contribution in [2.24, 2.45) is 0 Å². The molecule has 0 aromatic heterocycles. The fourth-order valence-electron chi connectivity index (χ4n) is 3.96. The third kappa shape index (κ3) is 3.11. The monoisotopic (exact) mass is 387 g/mol. The van der Waals surface area contributed by atoms with Crippen molar-refractivity contribution in [3.8, 4) is 11.5 Å². The molecule has 2 unspecified atom stereocenters. The van der Waals surface area contributed by atoms with Crippen molar-refractivity contribution in [1.29, 1.82) is 0 Å². The van der Waals surface area contributed by atoms with Crippen molar-refractivity contribution >= 4 is 9.84 Å².